The molecule has 2 aromatic rings. The first-order valence-corrected chi connectivity index (χ1v) is 9.31. The third kappa shape index (κ3) is 3.97. The van der Waals surface area contributed by atoms with Crippen molar-refractivity contribution in [1.29, 1.82) is 0 Å². The zero-order chi connectivity index (χ0) is 18.7. The molecule has 0 fully saturated rings. The van der Waals surface area contributed by atoms with E-state index in [-0.39, 0.29) is 11.9 Å². The molecule has 1 heterocycles. The van der Waals surface area contributed by atoms with Gasteiger partial charge in [0.1, 0.15) is 0 Å². The first kappa shape index (κ1) is 18.6. The molecule has 4 N–H and O–H groups in total. The Hall–Kier alpha value is -2.17. The standard InChI is InChI=1S/C22H29N3O/c1-22(2,13-16-7-9-17(14-23)10-8-16)21(26)25-12-11-18-5-3-4-6-19(18)20(24)15-25/h3-10,20H,11-15,23-24H2,1-2H3. The van der Waals surface area contributed by atoms with Crippen molar-refractivity contribution in [3.8, 4) is 0 Å². The average Bonchev–Trinajstić information content (AvgIpc) is 2.81. The van der Waals surface area contributed by atoms with Gasteiger partial charge in [0.25, 0.3) is 0 Å². The summed E-state index contributed by atoms with van der Waals surface area (Å²) in [6.45, 7) is 5.88. The number of fused-ring (bicyclic) bond motifs is 1. The van der Waals surface area contributed by atoms with Crippen molar-refractivity contribution in [3.63, 3.8) is 0 Å². The predicted molar refractivity (Wildman–Crippen MR) is 105 cm³/mol. The number of carbonyl (C=O) groups is 1. The number of rotatable bonds is 4. The van der Waals surface area contributed by atoms with Crippen LogP contribution < -0.4 is 11.5 Å². The second-order valence-corrected chi connectivity index (χ2v) is 7.89. The molecule has 0 spiro atoms. The van der Waals surface area contributed by atoms with Crippen LogP contribution in [0, 0.1) is 5.41 Å². The van der Waals surface area contributed by atoms with Gasteiger partial charge in [-0.1, -0.05) is 62.4 Å². The smallest absolute Gasteiger partial charge is 0.228 e. The van der Waals surface area contributed by atoms with Gasteiger partial charge in [-0.15, -0.1) is 0 Å². The molecule has 3 rings (SSSR count). The molecule has 0 bridgehead atoms. The lowest BCUT2D eigenvalue weighted by Gasteiger charge is -2.32. The zero-order valence-corrected chi connectivity index (χ0v) is 15.7. The van der Waals surface area contributed by atoms with E-state index < -0.39 is 5.41 Å². The molecule has 1 amide bonds. The summed E-state index contributed by atoms with van der Waals surface area (Å²) in [5.74, 6) is 0.170. The number of carbonyl (C=O) groups excluding carboxylic acids is 1. The molecule has 2 aromatic carbocycles. The van der Waals surface area contributed by atoms with E-state index in [2.05, 4.69) is 24.3 Å². The summed E-state index contributed by atoms with van der Waals surface area (Å²) < 4.78 is 0. The van der Waals surface area contributed by atoms with Crippen LogP contribution in [0.4, 0.5) is 0 Å². The maximum absolute atomic E-state index is 13.2. The van der Waals surface area contributed by atoms with Crippen molar-refractivity contribution in [1.82, 2.24) is 4.90 Å². The molecule has 0 aromatic heterocycles. The van der Waals surface area contributed by atoms with Crippen molar-refractivity contribution >= 4 is 5.91 Å². The van der Waals surface area contributed by atoms with E-state index in [1.165, 1.54) is 5.56 Å². The van der Waals surface area contributed by atoms with E-state index in [1.807, 2.05) is 43.0 Å². The minimum atomic E-state index is -0.472. The normalized spacial score (nSPS) is 17.5. The molecular formula is C22H29N3O. The Kier molecular flexibility index (Phi) is 5.44. The van der Waals surface area contributed by atoms with Gasteiger partial charge in [0.2, 0.25) is 5.91 Å². The maximum Gasteiger partial charge on any atom is 0.228 e. The van der Waals surface area contributed by atoms with Crippen LogP contribution in [0.3, 0.4) is 0 Å². The van der Waals surface area contributed by atoms with Crippen molar-refractivity contribution in [2.24, 2.45) is 16.9 Å². The number of nitrogens with zero attached hydrogens (tertiary/aromatic N) is 1. The quantitative estimate of drug-likeness (QED) is 0.890. The van der Waals surface area contributed by atoms with E-state index in [4.69, 9.17) is 11.5 Å². The Bertz CT molecular complexity index is 767. The predicted octanol–water partition coefficient (Wildman–Crippen LogP) is 2.80. The van der Waals surface area contributed by atoms with Crippen LogP contribution in [0.2, 0.25) is 0 Å². The highest BCUT2D eigenvalue weighted by atomic mass is 16.2. The molecule has 4 nitrogen and oxygen atoms in total. The summed E-state index contributed by atoms with van der Waals surface area (Å²) in [6.07, 6.45) is 1.56. The fourth-order valence-electron chi connectivity index (χ4n) is 3.80. The van der Waals surface area contributed by atoms with E-state index in [0.29, 0.717) is 19.5 Å². The number of hydrogen-bond donors (Lipinski definition) is 2. The van der Waals surface area contributed by atoms with Crippen molar-refractivity contribution in [3.05, 3.63) is 70.8 Å². The first-order valence-electron chi connectivity index (χ1n) is 9.31. The third-order valence-corrected chi connectivity index (χ3v) is 5.29. The van der Waals surface area contributed by atoms with E-state index in [0.717, 1.165) is 29.7 Å². The van der Waals surface area contributed by atoms with Crippen LogP contribution in [0.15, 0.2) is 48.5 Å². The summed E-state index contributed by atoms with van der Waals surface area (Å²) in [5.41, 5.74) is 16.3. The van der Waals surface area contributed by atoms with Gasteiger partial charge in [-0.2, -0.15) is 0 Å². The lowest BCUT2D eigenvalue weighted by Crippen LogP contribution is -2.44. The van der Waals surface area contributed by atoms with Gasteiger partial charge < -0.3 is 16.4 Å². The SMILES string of the molecule is CC(C)(Cc1ccc(CN)cc1)C(=O)N1CCc2ccccc2C(N)C1. The van der Waals surface area contributed by atoms with Crippen LogP contribution in [-0.2, 0) is 24.2 Å². The number of nitrogens with two attached hydrogens (primary N) is 2. The molecule has 0 saturated heterocycles. The molecule has 1 aliphatic rings. The number of hydrogen-bond acceptors (Lipinski definition) is 3. The fourth-order valence-corrected chi connectivity index (χ4v) is 3.80. The van der Waals surface area contributed by atoms with E-state index >= 15 is 0 Å². The second-order valence-electron chi connectivity index (χ2n) is 7.89. The molecule has 4 heteroatoms. The highest BCUT2D eigenvalue weighted by Gasteiger charge is 2.34. The minimum Gasteiger partial charge on any atom is -0.340 e. The summed E-state index contributed by atoms with van der Waals surface area (Å²) in [6, 6.07) is 16.3. The lowest BCUT2D eigenvalue weighted by molar-refractivity contribution is -0.140. The van der Waals surface area contributed by atoms with Gasteiger partial charge in [0, 0.05) is 31.1 Å². The third-order valence-electron chi connectivity index (χ3n) is 5.29. The maximum atomic E-state index is 13.2. The topological polar surface area (TPSA) is 72.4 Å². The number of benzene rings is 2. The number of amides is 1. The second kappa shape index (κ2) is 7.60. The van der Waals surface area contributed by atoms with Crippen LogP contribution in [0.5, 0.6) is 0 Å². The summed E-state index contributed by atoms with van der Waals surface area (Å²) >= 11 is 0. The average molecular weight is 351 g/mol. The first-order chi connectivity index (χ1) is 12.4. The Labute approximate surface area is 156 Å². The van der Waals surface area contributed by atoms with Crippen LogP contribution in [0.25, 0.3) is 0 Å². The van der Waals surface area contributed by atoms with Crippen LogP contribution in [0.1, 0.15) is 42.1 Å². The van der Waals surface area contributed by atoms with Gasteiger partial charge in [0.15, 0.2) is 0 Å². The molecule has 1 unspecified atom stereocenters. The van der Waals surface area contributed by atoms with E-state index in [1.54, 1.807) is 0 Å². The van der Waals surface area contributed by atoms with Crippen molar-refractivity contribution in [2.45, 2.75) is 39.3 Å². The zero-order valence-electron chi connectivity index (χ0n) is 15.7. The molecule has 0 radical (unpaired) electrons. The van der Waals surface area contributed by atoms with Crippen molar-refractivity contribution in [2.75, 3.05) is 13.1 Å². The Morgan fingerprint density at radius 3 is 2.46 bits per heavy atom. The van der Waals surface area contributed by atoms with Gasteiger partial charge >= 0.3 is 0 Å². The molecule has 1 atom stereocenters. The highest BCUT2D eigenvalue weighted by Crippen LogP contribution is 2.28. The minimum absolute atomic E-state index is 0.128. The van der Waals surface area contributed by atoms with Gasteiger partial charge in [0.05, 0.1) is 0 Å². The Morgan fingerprint density at radius 1 is 1.12 bits per heavy atom. The van der Waals surface area contributed by atoms with Crippen LogP contribution in [-0.4, -0.2) is 23.9 Å². The summed E-state index contributed by atoms with van der Waals surface area (Å²) in [4.78, 5) is 15.2. The molecule has 1 aliphatic heterocycles. The molecule has 138 valence electrons. The van der Waals surface area contributed by atoms with Crippen LogP contribution >= 0.6 is 0 Å². The largest absolute Gasteiger partial charge is 0.340 e. The van der Waals surface area contributed by atoms with E-state index in [9.17, 15) is 4.79 Å². The Morgan fingerprint density at radius 2 is 1.77 bits per heavy atom. The molecule has 0 aliphatic carbocycles. The lowest BCUT2D eigenvalue weighted by atomic mass is 9.84. The summed E-state index contributed by atoms with van der Waals surface area (Å²) in [7, 11) is 0. The fraction of sp³-hybridized carbons (Fsp3) is 0.409. The molecular weight excluding hydrogens is 322 g/mol. The highest BCUT2D eigenvalue weighted by molar-refractivity contribution is 5.82. The molecule has 26 heavy (non-hydrogen) atoms. The Balaban J connectivity index is 1.73. The van der Waals surface area contributed by atoms with Gasteiger partial charge in [-0.3, -0.25) is 4.79 Å². The summed E-state index contributed by atoms with van der Waals surface area (Å²) in [5, 5.41) is 0. The van der Waals surface area contributed by atoms with Gasteiger partial charge in [-0.05, 0) is 35.1 Å². The molecule has 0 saturated carbocycles. The monoisotopic (exact) mass is 351 g/mol. The van der Waals surface area contributed by atoms with Gasteiger partial charge in [-0.25, -0.2) is 0 Å². The van der Waals surface area contributed by atoms with Crippen molar-refractivity contribution < 1.29 is 4.79 Å².